The molecule has 0 bridgehead atoms. The fraction of sp³-hybridized carbons (Fsp3) is 0.700. The highest BCUT2D eigenvalue weighted by molar-refractivity contribution is 5.44. The molecule has 3 nitrogen and oxygen atoms in total. The van der Waals surface area contributed by atoms with Crippen molar-refractivity contribution in [3.05, 3.63) is 23.8 Å². The molecule has 1 saturated heterocycles. The Morgan fingerprint density at radius 1 is 1.20 bits per heavy atom. The first kappa shape index (κ1) is 18.4. The van der Waals surface area contributed by atoms with Crippen LogP contribution in [0.3, 0.4) is 0 Å². The van der Waals surface area contributed by atoms with Crippen LogP contribution in [0.1, 0.15) is 58.4 Å². The van der Waals surface area contributed by atoms with Crippen LogP contribution in [-0.4, -0.2) is 36.2 Å². The molecule has 1 saturated carbocycles. The molecule has 1 heterocycles. The standard InChI is InChI=1S/C20H29F2NO2/c1-13-9-16(11-23(13)20(2,3)4)15-7-8-17(25-19(21)22)18(10-15)24-12-14-5-6-14/h7-8,10,13-14,16,19H,5-6,9,11-12H2,1-4H3/t13-,16-/m1/s1. The summed E-state index contributed by atoms with van der Waals surface area (Å²) in [6.07, 6.45) is 3.38. The summed E-state index contributed by atoms with van der Waals surface area (Å²) in [7, 11) is 0. The highest BCUT2D eigenvalue weighted by Gasteiger charge is 2.36. The first-order valence-corrected chi connectivity index (χ1v) is 9.22. The van der Waals surface area contributed by atoms with Gasteiger partial charge in [0.1, 0.15) is 0 Å². The van der Waals surface area contributed by atoms with Crippen molar-refractivity contribution in [2.45, 2.75) is 71.1 Å². The topological polar surface area (TPSA) is 21.7 Å². The van der Waals surface area contributed by atoms with Crippen molar-refractivity contribution >= 4 is 0 Å². The summed E-state index contributed by atoms with van der Waals surface area (Å²) < 4.78 is 35.8. The van der Waals surface area contributed by atoms with Crippen molar-refractivity contribution < 1.29 is 18.3 Å². The molecule has 0 spiro atoms. The Morgan fingerprint density at radius 2 is 1.92 bits per heavy atom. The smallest absolute Gasteiger partial charge is 0.387 e. The van der Waals surface area contributed by atoms with Gasteiger partial charge in [0.05, 0.1) is 6.61 Å². The SMILES string of the molecule is C[C@@H]1C[C@@H](c2ccc(OC(F)F)c(OCC3CC3)c2)CN1C(C)(C)C. The Labute approximate surface area is 149 Å². The fourth-order valence-electron chi connectivity index (χ4n) is 3.78. The number of nitrogens with zero attached hydrogens (tertiary/aromatic N) is 1. The van der Waals surface area contributed by atoms with Gasteiger partial charge in [-0.1, -0.05) is 6.07 Å². The molecule has 1 aliphatic carbocycles. The Morgan fingerprint density at radius 3 is 2.48 bits per heavy atom. The molecule has 3 rings (SSSR count). The highest BCUT2D eigenvalue weighted by Crippen LogP contribution is 2.40. The summed E-state index contributed by atoms with van der Waals surface area (Å²) >= 11 is 0. The first-order valence-electron chi connectivity index (χ1n) is 9.22. The number of alkyl halides is 2. The number of benzene rings is 1. The van der Waals surface area contributed by atoms with Gasteiger partial charge in [0.25, 0.3) is 0 Å². The maximum Gasteiger partial charge on any atom is 0.387 e. The monoisotopic (exact) mass is 353 g/mol. The molecular weight excluding hydrogens is 324 g/mol. The number of hydrogen-bond acceptors (Lipinski definition) is 3. The lowest BCUT2D eigenvalue weighted by Crippen LogP contribution is -2.43. The van der Waals surface area contributed by atoms with Gasteiger partial charge in [-0.05, 0) is 76.5 Å². The van der Waals surface area contributed by atoms with Crippen LogP contribution in [0.15, 0.2) is 18.2 Å². The fourth-order valence-corrected chi connectivity index (χ4v) is 3.78. The van der Waals surface area contributed by atoms with Crippen LogP contribution in [0, 0.1) is 5.92 Å². The second-order valence-corrected chi connectivity index (χ2v) is 8.44. The molecular formula is C20H29F2NO2. The van der Waals surface area contributed by atoms with Gasteiger partial charge in [0, 0.05) is 18.1 Å². The molecule has 2 aliphatic rings. The van der Waals surface area contributed by atoms with Gasteiger partial charge in [0.2, 0.25) is 0 Å². The molecule has 0 aromatic heterocycles. The van der Waals surface area contributed by atoms with Gasteiger partial charge < -0.3 is 9.47 Å². The Hall–Kier alpha value is -1.36. The van der Waals surface area contributed by atoms with Crippen molar-refractivity contribution in [3.63, 3.8) is 0 Å². The summed E-state index contributed by atoms with van der Waals surface area (Å²) in [6, 6.07) is 5.95. The van der Waals surface area contributed by atoms with E-state index in [-0.39, 0.29) is 11.3 Å². The maximum absolute atomic E-state index is 12.7. The largest absolute Gasteiger partial charge is 0.489 e. The van der Waals surface area contributed by atoms with E-state index in [1.165, 1.54) is 0 Å². The van der Waals surface area contributed by atoms with E-state index in [1.54, 1.807) is 6.07 Å². The lowest BCUT2D eigenvalue weighted by Gasteiger charge is -2.35. The lowest BCUT2D eigenvalue weighted by molar-refractivity contribution is -0.0515. The van der Waals surface area contributed by atoms with Gasteiger partial charge in [-0.15, -0.1) is 0 Å². The van der Waals surface area contributed by atoms with Crippen molar-refractivity contribution in [3.8, 4) is 11.5 Å². The molecule has 0 amide bonds. The van der Waals surface area contributed by atoms with E-state index in [4.69, 9.17) is 4.74 Å². The van der Waals surface area contributed by atoms with Crippen molar-refractivity contribution in [1.29, 1.82) is 0 Å². The number of rotatable bonds is 6. The van der Waals surface area contributed by atoms with Gasteiger partial charge in [-0.3, -0.25) is 4.90 Å². The van der Waals surface area contributed by atoms with Crippen molar-refractivity contribution in [2.24, 2.45) is 5.92 Å². The third-order valence-corrected chi connectivity index (χ3v) is 5.26. The zero-order valence-electron chi connectivity index (χ0n) is 15.6. The van der Waals surface area contributed by atoms with Crippen molar-refractivity contribution in [1.82, 2.24) is 4.90 Å². The molecule has 0 unspecified atom stereocenters. The highest BCUT2D eigenvalue weighted by atomic mass is 19.3. The van der Waals surface area contributed by atoms with Gasteiger partial charge in [-0.2, -0.15) is 8.78 Å². The van der Waals surface area contributed by atoms with Gasteiger partial charge >= 0.3 is 6.61 Å². The molecule has 1 aromatic carbocycles. The maximum atomic E-state index is 12.7. The van der Waals surface area contributed by atoms with Crippen LogP contribution in [0.4, 0.5) is 8.78 Å². The summed E-state index contributed by atoms with van der Waals surface area (Å²) in [6.45, 7) is 7.67. The van der Waals surface area contributed by atoms with Crippen LogP contribution in [0.25, 0.3) is 0 Å². The minimum Gasteiger partial charge on any atom is -0.489 e. The summed E-state index contributed by atoms with van der Waals surface area (Å²) in [5.74, 6) is 1.54. The normalized spacial score (nSPS) is 24.8. The molecule has 0 radical (unpaired) electrons. The van der Waals surface area contributed by atoms with E-state index in [2.05, 4.69) is 37.3 Å². The van der Waals surface area contributed by atoms with E-state index in [9.17, 15) is 8.78 Å². The predicted octanol–water partition coefficient (Wildman–Crippen LogP) is 5.05. The Bertz CT molecular complexity index is 596. The van der Waals surface area contributed by atoms with Gasteiger partial charge in [-0.25, -0.2) is 0 Å². The second-order valence-electron chi connectivity index (χ2n) is 8.44. The number of ether oxygens (including phenoxy) is 2. The molecule has 5 heteroatoms. The molecule has 2 fully saturated rings. The second kappa shape index (κ2) is 7.10. The van der Waals surface area contributed by atoms with E-state index in [1.807, 2.05) is 12.1 Å². The zero-order chi connectivity index (χ0) is 18.2. The van der Waals surface area contributed by atoms with Crippen LogP contribution in [-0.2, 0) is 0 Å². The molecule has 1 aliphatic heterocycles. The van der Waals surface area contributed by atoms with Gasteiger partial charge in [0.15, 0.2) is 11.5 Å². The van der Waals surface area contributed by atoms with Crippen molar-refractivity contribution in [2.75, 3.05) is 13.2 Å². The summed E-state index contributed by atoms with van der Waals surface area (Å²) in [5, 5.41) is 0. The van der Waals surface area contributed by atoms with Crippen LogP contribution < -0.4 is 9.47 Å². The molecule has 140 valence electrons. The number of likely N-dealkylation sites (tertiary alicyclic amines) is 1. The molecule has 0 N–H and O–H groups in total. The summed E-state index contributed by atoms with van der Waals surface area (Å²) in [5.41, 5.74) is 1.27. The molecule has 2 atom stereocenters. The lowest BCUT2D eigenvalue weighted by atomic mass is 9.96. The number of halogens is 2. The third kappa shape index (κ3) is 4.63. The predicted molar refractivity (Wildman–Crippen MR) is 94.6 cm³/mol. The molecule has 25 heavy (non-hydrogen) atoms. The average molecular weight is 353 g/mol. The first-order chi connectivity index (χ1) is 11.7. The minimum atomic E-state index is -2.84. The Balaban J connectivity index is 1.78. The quantitative estimate of drug-likeness (QED) is 0.714. The zero-order valence-corrected chi connectivity index (χ0v) is 15.6. The Kier molecular flexibility index (Phi) is 5.24. The van der Waals surface area contributed by atoms with Crippen LogP contribution in [0.5, 0.6) is 11.5 Å². The third-order valence-electron chi connectivity index (χ3n) is 5.26. The summed E-state index contributed by atoms with van der Waals surface area (Å²) in [4.78, 5) is 2.51. The van der Waals surface area contributed by atoms with Crippen LogP contribution >= 0.6 is 0 Å². The average Bonchev–Trinajstić information content (AvgIpc) is 3.25. The van der Waals surface area contributed by atoms with E-state index >= 15 is 0 Å². The molecule has 1 aromatic rings. The van der Waals surface area contributed by atoms with E-state index in [0.717, 1.165) is 31.4 Å². The number of hydrogen-bond donors (Lipinski definition) is 0. The van der Waals surface area contributed by atoms with E-state index < -0.39 is 6.61 Å². The van der Waals surface area contributed by atoms with E-state index in [0.29, 0.717) is 30.2 Å². The minimum absolute atomic E-state index is 0.123. The van der Waals surface area contributed by atoms with Crippen LogP contribution in [0.2, 0.25) is 0 Å².